The number of rotatable bonds is 0. The Morgan fingerprint density at radius 1 is 0.462 bits per heavy atom. The number of ether oxygens (including phenoxy) is 1. The van der Waals surface area contributed by atoms with Crippen LogP contribution in [0.2, 0.25) is 0 Å². The van der Waals surface area contributed by atoms with Crippen LogP contribution in [0.25, 0.3) is 59.8 Å². The Hall–Kier alpha value is -5.47. The molecule has 1 aliphatic heterocycles. The second-order valence-corrected chi connectivity index (χ2v) is 13.1. The predicted molar refractivity (Wildman–Crippen MR) is 165 cm³/mol. The fourth-order valence-corrected chi connectivity index (χ4v) is 8.10. The summed E-state index contributed by atoms with van der Waals surface area (Å²) in [5, 5.41) is 2.09. The van der Waals surface area contributed by atoms with Gasteiger partial charge >= 0.3 is 35.5 Å². The zero-order valence-electron chi connectivity index (χ0n) is 25.3. The number of hydrogen-bond donors (Lipinski definition) is 0. The molecule has 0 amide bonds. The number of hydrogen-bond acceptors (Lipinski definition) is 2. The lowest BCUT2D eigenvalue weighted by molar-refractivity contribution is -0.302. The molecule has 0 saturated heterocycles. The summed E-state index contributed by atoms with van der Waals surface area (Å²) in [6, 6.07) is 17.5. The largest absolute Gasteiger partial charge is 0.452 e. The van der Waals surface area contributed by atoms with E-state index in [4.69, 9.17) is 4.74 Å². The lowest BCUT2D eigenvalue weighted by Crippen LogP contribution is -2.43. The molecular weight excluding hydrogens is 718 g/mol. The van der Waals surface area contributed by atoms with Gasteiger partial charge < -0.3 is 9.30 Å². The van der Waals surface area contributed by atoms with Gasteiger partial charge in [-0.1, -0.05) is 48.5 Å². The van der Waals surface area contributed by atoms with Crippen molar-refractivity contribution in [3.05, 3.63) is 111 Å². The minimum Gasteiger partial charge on any atom is -0.452 e. The third kappa shape index (κ3) is 3.08. The van der Waals surface area contributed by atoms with Crippen molar-refractivity contribution in [2.24, 2.45) is 0 Å². The maximum absolute atomic E-state index is 15.6. The molecule has 0 saturated carbocycles. The van der Waals surface area contributed by atoms with Crippen LogP contribution in [0.3, 0.4) is 0 Å². The van der Waals surface area contributed by atoms with E-state index in [1.807, 2.05) is 0 Å². The lowest BCUT2D eigenvalue weighted by Gasteiger charge is -2.30. The third-order valence-corrected chi connectivity index (χ3v) is 10.5. The first kappa shape index (κ1) is 31.3. The highest BCUT2D eigenvalue weighted by atomic mass is 19.4. The van der Waals surface area contributed by atoms with E-state index in [1.54, 1.807) is 48.5 Å². The standard InChI is InChI=1S/C37H13F12NO2/c38-32(39)22-9-10-24-30(26(22)34(42,43)36(32,46)47)52-31-27-23(33(40,41)37(48,49)35(27,44)45)12-21-28(31)50(24)25-13-19-17-8-4-2-6-15(17)14-5-1-3-7-16(14)18(19)11-20(25)29(21)51/h1-13H. The Balaban J connectivity index is 1.48. The Morgan fingerprint density at radius 2 is 0.942 bits per heavy atom. The van der Waals surface area contributed by atoms with Crippen molar-refractivity contribution in [1.82, 2.24) is 4.57 Å². The van der Waals surface area contributed by atoms with E-state index >= 15 is 26.3 Å². The third-order valence-electron chi connectivity index (χ3n) is 10.5. The second-order valence-electron chi connectivity index (χ2n) is 13.1. The van der Waals surface area contributed by atoms with Crippen molar-refractivity contribution in [3.8, 4) is 17.2 Å². The molecule has 52 heavy (non-hydrogen) atoms. The molecule has 2 aliphatic carbocycles. The van der Waals surface area contributed by atoms with Crippen molar-refractivity contribution in [2.45, 2.75) is 35.5 Å². The molecular formula is C37H13F12NO2. The molecule has 1 aromatic heterocycles. The summed E-state index contributed by atoms with van der Waals surface area (Å²) < 4.78 is 188. The van der Waals surface area contributed by atoms with Crippen LogP contribution in [-0.4, -0.2) is 16.4 Å². The smallest absolute Gasteiger partial charge is 0.380 e. The predicted octanol–water partition coefficient (Wildman–Crippen LogP) is 11.4. The van der Waals surface area contributed by atoms with Crippen LogP contribution in [0.4, 0.5) is 52.7 Å². The molecule has 3 aliphatic rings. The first-order valence-electron chi connectivity index (χ1n) is 15.3. The normalized spacial score (nSPS) is 20.7. The van der Waals surface area contributed by atoms with Gasteiger partial charge in [0, 0.05) is 16.5 Å². The van der Waals surface area contributed by atoms with Crippen molar-refractivity contribution in [2.75, 3.05) is 0 Å². The molecule has 0 atom stereocenters. The maximum atomic E-state index is 15.6. The Kier molecular flexibility index (Phi) is 5.27. The molecule has 10 rings (SSSR count). The molecule has 6 aromatic carbocycles. The van der Waals surface area contributed by atoms with E-state index in [-0.39, 0.29) is 23.0 Å². The summed E-state index contributed by atoms with van der Waals surface area (Å²) >= 11 is 0. The highest BCUT2D eigenvalue weighted by molar-refractivity contribution is 6.27. The number of halogens is 12. The number of fused-ring (bicyclic) bond motifs is 14. The average molecular weight is 731 g/mol. The minimum atomic E-state index is -6.16. The van der Waals surface area contributed by atoms with Gasteiger partial charge in [0.1, 0.15) is 5.52 Å². The van der Waals surface area contributed by atoms with Crippen LogP contribution in [0.5, 0.6) is 11.5 Å². The second kappa shape index (κ2) is 8.76. The number of alkyl halides is 12. The Morgan fingerprint density at radius 3 is 1.50 bits per heavy atom. The lowest BCUT2D eigenvalue weighted by atomic mass is 9.92. The minimum absolute atomic E-state index is 0.141. The van der Waals surface area contributed by atoms with Gasteiger partial charge in [-0.15, -0.1) is 0 Å². The highest BCUT2D eigenvalue weighted by Crippen LogP contribution is 2.69. The molecule has 0 bridgehead atoms. The molecule has 0 radical (unpaired) electrons. The zero-order valence-corrected chi connectivity index (χ0v) is 25.3. The van der Waals surface area contributed by atoms with Gasteiger partial charge in [-0.25, -0.2) is 0 Å². The van der Waals surface area contributed by atoms with Gasteiger partial charge in [0.15, 0.2) is 16.9 Å². The molecule has 7 aromatic rings. The molecule has 0 fully saturated rings. The summed E-state index contributed by atoms with van der Waals surface area (Å²) in [5.74, 6) is -38.3. The van der Waals surface area contributed by atoms with E-state index in [0.717, 1.165) is 9.95 Å². The van der Waals surface area contributed by atoms with Crippen LogP contribution in [0.15, 0.2) is 83.7 Å². The summed E-state index contributed by atoms with van der Waals surface area (Å²) in [5.41, 5.74) is -11.5. The fraction of sp³-hybridized carbons (Fsp3) is 0.162. The van der Waals surface area contributed by atoms with Gasteiger partial charge in [-0.05, 0) is 62.6 Å². The van der Waals surface area contributed by atoms with Crippen LogP contribution in [0, 0.1) is 0 Å². The molecule has 3 nitrogen and oxygen atoms in total. The fourth-order valence-electron chi connectivity index (χ4n) is 8.10. The van der Waals surface area contributed by atoms with Crippen LogP contribution in [0.1, 0.15) is 22.3 Å². The molecule has 0 N–H and O–H groups in total. The highest BCUT2D eigenvalue weighted by Gasteiger charge is 2.82. The molecule has 2 heterocycles. The summed E-state index contributed by atoms with van der Waals surface area (Å²) in [7, 11) is 0. The summed E-state index contributed by atoms with van der Waals surface area (Å²) in [4.78, 5) is 14.3. The van der Waals surface area contributed by atoms with Gasteiger partial charge in [0.25, 0.3) is 0 Å². The summed E-state index contributed by atoms with van der Waals surface area (Å²) in [6.07, 6.45) is 0. The van der Waals surface area contributed by atoms with Crippen molar-refractivity contribution in [1.29, 1.82) is 0 Å². The topological polar surface area (TPSA) is 31.2 Å². The van der Waals surface area contributed by atoms with Gasteiger partial charge in [-0.2, -0.15) is 52.7 Å². The summed E-state index contributed by atoms with van der Waals surface area (Å²) in [6.45, 7) is 0. The van der Waals surface area contributed by atoms with Crippen LogP contribution < -0.4 is 10.2 Å². The van der Waals surface area contributed by atoms with E-state index in [0.29, 0.717) is 33.0 Å². The van der Waals surface area contributed by atoms with Gasteiger partial charge in [0.2, 0.25) is 0 Å². The first-order valence-corrected chi connectivity index (χ1v) is 15.3. The Labute approximate surface area is 280 Å². The molecule has 15 heteroatoms. The van der Waals surface area contributed by atoms with E-state index in [9.17, 15) is 31.1 Å². The number of nitrogens with zero attached hydrogens (tertiary/aromatic N) is 1. The molecule has 0 spiro atoms. The van der Waals surface area contributed by atoms with Crippen LogP contribution in [-0.2, 0) is 23.7 Å². The first-order chi connectivity index (χ1) is 24.3. The number of aromatic nitrogens is 1. The van der Waals surface area contributed by atoms with E-state index < -0.39 is 91.3 Å². The Bertz CT molecular complexity index is 2930. The van der Waals surface area contributed by atoms with Gasteiger partial charge in [-0.3, -0.25) is 4.79 Å². The van der Waals surface area contributed by atoms with Crippen molar-refractivity contribution in [3.63, 3.8) is 0 Å². The average Bonchev–Trinajstić information content (AvgIpc) is 3.28. The monoisotopic (exact) mass is 731 g/mol. The molecule has 262 valence electrons. The van der Waals surface area contributed by atoms with E-state index in [1.165, 1.54) is 12.1 Å². The van der Waals surface area contributed by atoms with Crippen molar-refractivity contribution >= 4 is 54.1 Å². The number of benzene rings is 6. The number of pyridine rings is 1. The van der Waals surface area contributed by atoms with E-state index in [2.05, 4.69) is 0 Å². The zero-order chi connectivity index (χ0) is 36.9. The maximum Gasteiger partial charge on any atom is 0.380 e. The quantitative estimate of drug-likeness (QED) is 0.0883. The molecule has 0 unspecified atom stereocenters. The van der Waals surface area contributed by atoms with Crippen LogP contribution >= 0.6 is 0 Å². The van der Waals surface area contributed by atoms with Crippen molar-refractivity contribution < 1.29 is 57.4 Å². The van der Waals surface area contributed by atoms with Gasteiger partial charge in [0.05, 0.1) is 27.7 Å². The SMILES string of the molecule is O=c1c2cc3c4ccccc4c4ccccc4c3cc2n2c3c(c4c(cc13)C(F)(F)C(F)(F)C4(F)F)Oc1c-2ccc2c1C(F)(F)C(F)(F)C2(F)F.